The van der Waals surface area contributed by atoms with Crippen LogP contribution in [0, 0.1) is 5.82 Å². The highest BCUT2D eigenvalue weighted by molar-refractivity contribution is 6.04. The van der Waals surface area contributed by atoms with Gasteiger partial charge in [-0.25, -0.2) is 4.39 Å². The zero-order valence-electron chi connectivity index (χ0n) is 13.7. The topological polar surface area (TPSA) is 70.2 Å². The SMILES string of the molecule is O=C(Nc1ccc(CNC(=O)[C@@H]2CCCN2)cc1)c1ccc(F)cc1. The molecule has 1 saturated heterocycles. The van der Waals surface area contributed by atoms with Crippen LogP contribution in [-0.4, -0.2) is 24.4 Å². The second kappa shape index (κ2) is 7.90. The van der Waals surface area contributed by atoms with Gasteiger partial charge < -0.3 is 16.0 Å². The van der Waals surface area contributed by atoms with Crippen molar-refractivity contribution in [1.29, 1.82) is 0 Å². The standard InChI is InChI=1S/C19H20FN3O2/c20-15-7-5-14(6-8-15)18(24)23-16-9-3-13(4-10-16)12-22-19(25)17-2-1-11-21-17/h3-10,17,21H,1-2,11-12H2,(H,22,25)(H,23,24)/t17-/m0/s1. The molecule has 130 valence electrons. The van der Waals surface area contributed by atoms with Gasteiger partial charge in [0.2, 0.25) is 5.91 Å². The van der Waals surface area contributed by atoms with Gasteiger partial charge in [-0.05, 0) is 61.3 Å². The molecule has 0 aliphatic carbocycles. The molecule has 0 bridgehead atoms. The summed E-state index contributed by atoms with van der Waals surface area (Å²) < 4.78 is 12.9. The number of hydrogen-bond acceptors (Lipinski definition) is 3. The lowest BCUT2D eigenvalue weighted by atomic mass is 10.1. The second-order valence-electron chi connectivity index (χ2n) is 6.02. The van der Waals surface area contributed by atoms with Crippen molar-refractivity contribution in [3.8, 4) is 0 Å². The summed E-state index contributed by atoms with van der Waals surface area (Å²) in [6.45, 7) is 1.34. The summed E-state index contributed by atoms with van der Waals surface area (Å²) in [6.07, 6.45) is 1.90. The molecule has 1 aliphatic rings. The number of nitrogens with one attached hydrogen (secondary N) is 3. The summed E-state index contributed by atoms with van der Waals surface area (Å²) >= 11 is 0. The van der Waals surface area contributed by atoms with Gasteiger partial charge in [-0.1, -0.05) is 12.1 Å². The van der Waals surface area contributed by atoms with Crippen LogP contribution >= 0.6 is 0 Å². The van der Waals surface area contributed by atoms with Gasteiger partial charge in [0.1, 0.15) is 5.82 Å². The van der Waals surface area contributed by atoms with Crippen molar-refractivity contribution in [3.05, 3.63) is 65.5 Å². The Morgan fingerprint density at radius 3 is 2.44 bits per heavy atom. The Morgan fingerprint density at radius 1 is 1.08 bits per heavy atom. The summed E-state index contributed by atoms with van der Waals surface area (Å²) in [7, 11) is 0. The van der Waals surface area contributed by atoms with Gasteiger partial charge in [-0.2, -0.15) is 0 Å². The van der Waals surface area contributed by atoms with E-state index >= 15 is 0 Å². The first-order valence-electron chi connectivity index (χ1n) is 8.29. The average molecular weight is 341 g/mol. The smallest absolute Gasteiger partial charge is 0.255 e. The molecule has 2 aromatic rings. The molecule has 2 amide bonds. The summed E-state index contributed by atoms with van der Waals surface area (Å²) in [4.78, 5) is 24.0. The number of halogens is 1. The number of carbonyl (C=O) groups excluding carboxylic acids is 2. The molecule has 2 aromatic carbocycles. The minimum Gasteiger partial charge on any atom is -0.351 e. The summed E-state index contributed by atoms with van der Waals surface area (Å²) in [6, 6.07) is 12.5. The lowest BCUT2D eigenvalue weighted by Crippen LogP contribution is -2.39. The number of anilines is 1. The summed E-state index contributed by atoms with van der Waals surface area (Å²) in [5, 5.41) is 8.82. The van der Waals surface area contributed by atoms with Crippen LogP contribution in [0.25, 0.3) is 0 Å². The molecule has 1 atom stereocenters. The van der Waals surface area contributed by atoms with Crippen LogP contribution < -0.4 is 16.0 Å². The fraction of sp³-hybridized carbons (Fsp3) is 0.263. The fourth-order valence-electron chi connectivity index (χ4n) is 2.73. The lowest BCUT2D eigenvalue weighted by molar-refractivity contribution is -0.122. The molecule has 3 N–H and O–H groups in total. The highest BCUT2D eigenvalue weighted by Gasteiger charge is 2.21. The van der Waals surface area contributed by atoms with E-state index in [1.54, 1.807) is 12.1 Å². The van der Waals surface area contributed by atoms with Crippen LogP contribution in [0.15, 0.2) is 48.5 Å². The fourth-order valence-corrected chi connectivity index (χ4v) is 2.73. The Balaban J connectivity index is 1.52. The van der Waals surface area contributed by atoms with Gasteiger partial charge in [0.05, 0.1) is 6.04 Å². The van der Waals surface area contributed by atoms with Gasteiger partial charge in [-0.15, -0.1) is 0 Å². The first-order valence-corrected chi connectivity index (χ1v) is 8.29. The van der Waals surface area contributed by atoms with Crippen molar-refractivity contribution >= 4 is 17.5 Å². The van der Waals surface area contributed by atoms with E-state index in [2.05, 4.69) is 16.0 Å². The molecule has 1 fully saturated rings. The number of carbonyl (C=O) groups is 2. The van der Waals surface area contributed by atoms with Gasteiger partial charge in [-0.3, -0.25) is 9.59 Å². The van der Waals surface area contributed by atoms with Crippen LogP contribution in [0.2, 0.25) is 0 Å². The number of hydrogen-bond donors (Lipinski definition) is 3. The minimum absolute atomic E-state index is 0.0196. The van der Waals surface area contributed by atoms with Crippen molar-refractivity contribution in [1.82, 2.24) is 10.6 Å². The van der Waals surface area contributed by atoms with E-state index in [0.29, 0.717) is 17.8 Å². The Bertz CT molecular complexity index is 738. The third-order valence-corrected chi connectivity index (χ3v) is 4.16. The molecule has 3 rings (SSSR count). The molecule has 0 radical (unpaired) electrons. The minimum atomic E-state index is -0.379. The van der Waals surface area contributed by atoms with E-state index in [1.807, 2.05) is 12.1 Å². The maximum atomic E-state index is 12.9. The molecule has 25 heavy (non-hydrogen) atoms. The third kappa shape index (κ3) is 4.64. The van der Waals surface area contributed by atoms with Crippen molar-refractivity contribution in [2.24, 2.45) is 0 Å². The zero-order valence-corrected chi connectivity index (χ0v) is 13.7. The maximum Gasteiger partial charge on any atom is 0.255 e. The maximum absolute atomic E-state index is 12.9. The van der Waals surface area contributed by atoms with E-state index in [1.165, 1.54) is 24.3 Å². The predicted octanol–water partition coefficient (Wildman–Crippen LogP) is 2.45. The van der Waals surface area contributed by atoms with Crippen molar-refractivity contribution in [3.63, 3.8) is 0 Å². The van der Waals surface area contributed by atoms with E-state index in [0.717, 1.165) is 24.9 Å². The van der Waals surface area contributed by atoms with Gasteiger partial charge in [0, 0.05) is 17.8 Å². The number of amides is 2. The molecule has 0 aromatic heterocycles. The molecule has 5 nitrogen and oxygen atoms in total. The molecule has 1 heterocycles. The van der Waals surface area contributed by atoms with Gasteiger partial charge in [0.25, 0.3) is 5.91 Å². The van der Waals surface area contributed by atoms with E-state index in [-0.39, 0.29) is 23.7 Å². The Hall–Kier alpha value is -2.73. The Kier molecular flexibility index (Phi) is 5.40. The first kappa shape index (κ1) is 17.1. The van der Waals surface area contributed by atoms with Crippen molar-refractivity contribution in [2.75, 3.05) is 11.9 Å². The molecule has 6 heteroatoms. The predicted molar refractivity (Wildman–Crippen MR) is 93.7 cm³/mol. The zero-order chi connectivity index (χ0) is 17.6. The summed E-state index contributed by atoms with van der Waals surface area (Å²) in [5.74, 6) is -0.657. The van der Waals surface area contributed by atoms with Crippen LogP contribution in [-0.2, 0) is 11.3 Å². The second-order valence-corrected chi connectivity index (χ2v) is 6.02. The molecule has 0 spiro atoms. The molecular formula is C19H20FN3O2. The first-order chi connectivity index (χ1) is 12.1. The normalized spacial score (nSPS) is 16.4. The third-order valence-electron chi connectivity index (χ3n) is 4.16. The van der Waals surface area contributed by atoms with E-state index in [9.17, 15) is 14.0 Å². The van der Waals surface area contributed by atoms with Gasteiger partial charge in [0.15, 0.2) is 0 Å². The largest absolute Gasteiger partial charge is 0.351 e. The van der Waals surface area contributed by atoms with Crippen LogP contribution in [0.3, 0.4) is 0 Å². The molecule has 0 unspecified atom stereocenters. The summed E-state index contributed by atoms with van der Waals surface area (Å²) in [5.41, 5.74) is 1.98. The molecule has 1 aliphatic heterocycles. The quantitative estimate of drug-likeness (QED) is 0.782. The molecule has 0 saturated carbocycles. The molecular weight excluding hydrogens is 321 g/mol. The average Bonchev–Trinajstić information content (AvgIpc) is 3.16. The highest BCUT2D eigenvalue weighted by atomic mass is 19.1. The van der Waals surface area contributed by atoms with Crippen LogP contribution in [0.5, 0.6) is 0 Å². The van der Waals surface area contributed by atoms with Crippen molar-refractivity contribution < 1.29 is 14.0 Å². The van der Waals surface area contributed by atoms with Gasteiger partial charge >= 0.3 is 0 Å². The van der Waals surface area contributed by atoms with E-state index < -0.39 is 0 Å². The Morgan fingerprint density at radius 2 is 1.80 bits per heavy atom. The highest BCUT2D eigenvalue weighted by Crippen LogP contribution is 2.12. The van der Waals surface area contributed by atoms with Crippen LogP contribution in [0.1, 0.15) is 28.8 Å². The Labute approximate surface area is 145 Å². The number of rotatable bonds is 5. The van der Waals surface area contributed by atoms with E-state index in [4.69, 9.17) is 0 Å². The lowest BCUT2D eigenvalue weighted by Gasteiger charge is -2.11. The van der Waals surface area contributed by atoms with Crippen molar-refractivity contribution in [2.45, 2.75) is 25.4 Å². The monoisotopic (exact) mass is 341 g/mol. The van der Waals surface area contributed by atoms with Crippen LogP contribution in [0.4, 0.5) is 10.1 Å². The number of benzene rings is 2.